The third-order valence-electron chi connectivity index (χ3n) is 10.2. The van der Waals surface area contributed by atoms with Crippen LogP contribution in [0.4, 0.5) is 5.69 Å². The first kappa shape index (κ1) is 47.7. The predicted molar refractivity (Wildman–Crippen MR) is 231 cm³/mol. The van der Waals surface area contributed by atoms with Crippen molar-refractivity contribution in [1.29, 1.82) is 0 Å². The number of nitrogens with zero attached hydrogens (tertiary/aromatic N) is 1. The van der Waals surface area contributed by atoms with E-state index in [-0.39, 0.29) is 29.0 Å². The Morgan fingerprint density at radius 2 is 1.05 bits per heavy atom. The minimum atomic E-state index is -2.56. The summed E-state index contributed by atoms with van der Waals surface area (Å²) in [4.78, 5) is 51.0. The molecule has 2 heterocycles. The van der Waals surface area contributed by atoms with E-state index in [1.54, 1.807) is 18.2 Å². The molecule has 0 saturated carbocycles. The number of anilines is 1. The lowest BCUT2D eigenvalue weighted by Crippen LogP contribution is -2.66. The molecular weight excluding hydrogens is 803 g/mol. The fraction of sp³-hybridized carbons (Fsp3) is 0.511. The number of ether oxygens (including phenoxy) is 7. The number of carbonyl (C=O) groups is 4. The van der Waals surface area contributed by atoms with Gasteiger partial charge in [-0.05, 0) is 34.0 Å². The van der Waals surface area contributed by atoms with Crippen LogP contribution in [-0.2, 0) is 47.2 Å². The van der Waals surface area contributed by atoms with Crippen molar-refractivity contribution in [1.82, 2.24) is 10.2 Å². The molecule has 2 aliphatic heterocycles. The fourth-order valence-electron chi connectivity index (χ4n) is 7.36. The second-order valence-electron chi connectivity index (χ2n) is 15.4. The van der Waals surface area contributed by atoms with Gasteiger partial charge in [0.1, 0.15) is 6.04 Å². The van der Waals surface area contributed by atoms with Gasteiger partial charge in [-0.15, -0.1) is 0 Å². The van der Waals surface area contributed by atoms with Crippen LogP contribution in [0, 0.1) is 0 Å². The summed E-state index contributed by atoms with van der Waals surface area (Å²) in [7, 11) is -2.56. The van der Waals surface area contributed by atoms with Crippen LogP contribution in [0.15, 0.2) is 78.9 Å². The second-order valence-corrected chi connectivity index (χ2v) is 19.7. The summed E-state index contributed by atoms with van der Waals surface area (Å²) in [5, 5.41) is 7.78. The lowest BCUT2D eigenvalue weighted by molar-refractivity contribution is -0.136. The first-order valence-electron chi connectivity index (χ1n) is 21.0. The summed E-state index contributed by atoms with van der Waals surface area (Å²) in [5.41, 5.74) is 0.912. The number of rotatable bonds is 29. The molecule has 3 aromatic carbocycles. The van der Waals surface area contributed by atoms with E-state index in [1.807, 2.05) is 12.1 Å². The van der Waals surface area contributed by atoms with Gasteiger partial charge in [-0.3, -0.25) is 29.4 Å². The van der Waals surface area contributed by atoms with Crippen molar-refractivity contribution in [3.05, 3.63) is 90.0 Å². The van der Waals surface area contributed by atoms with Crippen LogP contribution < -0.4 is 21.0 Å². The fourth-order valence-corrected chi connectivity index (χ4v) is 11.9. The number of hydrogen-bond acceptors (Lipinski definition) is 13. The van der Waals surface area contributed by atoms with E-state index in [1.165, 1.54) is 10.4 Å². The molecule has 0 aromatic heterocycles. The zero-order valence-electron chi connectivity index (χ0n) is 35.7. The highest BCUT2D eigenvalue weighted by atomic mass is 28.4. The van der Waals surface area contributed by atoms with Gasteiger partial charge in [0.2, 0.25) is 11.8 Å². The molecule has 0 bridgehead atoms. The van der Waals surface area contributed by atoms with Gasteiger partial charge in [0.05, 0.1) is 110 Å². The van der Waals surface area contributed by atoms with E-state index < -0.39 is 38.0 Å². The van der Waals surface area contributed by atoms with Crippen LogP contribution in [0.25, 0.3) is 0 Å². The smallest absolute Gasteiger partial charge is 0.264 e. The predicted octanol–water partition coefficient (Wildman–Crippen LogP) is 3.19. The number of fused-ring (bicyclic) bond motifs is 1. The van der Waals surface area contributed by atoms with Crippen molar-refractivity contribution < 1.29 is 56.8 Å². The van der Waals surface area contributed by atoms with E-state index >= 15 is 0 Å². The Balaban J connectivity index is 0.795. The number of imide groups is 2. The largest absolute Gasteiger partial charge is 0.405 e. The molecule has 2 aliphatic rings. The summed E-state index contributed by atoms with van der Waals surface area (Å²) in [5.74, 6) is -2.16. The zero-order chi connectivity index (χ0) is 43.3. The first-order valence-corrected chi connectivity index (χ1v) is 22.9. The summed E-state index contributed by atoms with van der Waals surface area (Å²) in [6.45, 7) is 13.8. The van der Waals surface area contributed by atoms with Gasteiger partial charge in [-0.1, -0.05) is 87.5 Å². The van der Waals surface area contributed by atoms with Crippen molar-refractivity contribution in [2.45, 2.75) is 44.7 Å². The topological polar surface area (TPSA) is 169 Å². The molecule has 5 rings (SSSR count). The van der Waals surface area contributed by atoms with Crippen LogP contribution in [0.2, 0.25) is 5.04 Å². The molecule has 2 N–H and O–H groups in total. The zero-order valence-corrected chi connectivity index (χ0v) is 36.7. The molecule has 0 aliphatic carbocycles. The van der Waals surface area contributed by atoms with Crippen LogP contribution in [0.1, 0.15) is 54.3 Å². The molecule has 1 fully saturated rings. The highest BCUT2D eigenvalue weighted by molar-refractivity contribution is 6.99. The number of nitrogens with one attached hydrogen (secondary N) is 2. The van der Waals surface area contributed by atoms with Gasteiger partial charge in [-0.25, -0.2) is 0 Å². The molecule has 1 unspecified atom stereocenters. The van der Waals surface area contributed by atoms with E-state index in [9.17, 15) is 19.2 Å². The van der Waals surface area contributed by atoms with Gasteiger partial charge in [0.15, 0.2) is 0 Å². The van der Waals surface area contributed by atoms with Gasteiger partial charge < -0.3 is 42.9 Å². The molecule has 3 aromatic rings. The Bertz CT molecular complexity index is 1790. The quantitative estimate of drug-likeness (QED) is 0.0594. The molecule has 16 heteroatoms. The van der Waals surface area contributed by atoms with E-state index in [4.69, 9.17) is 37.6 Å². The maximum absolute atomic E-state index is 13.2. The lowest BCUT2D eigenvalue weighted by atomic mass is 10.0. The SMILES string of the molecule is CC(C)(C)[Si](OCCOCCOCCOCCOCCOCCOCCOCCNc1cccc2c1C(=O)N(C1CCC(=O)NC1=O)C2=O)(c1ccccc1)c1ccccc1. The van der Waals surface area contributed by atoms with Crippen LogP contribution in [0.3, 0.4) is 0 Å². The average molecular weight is 864 g/mol. The van der Waals surface area contributed by atoms with Gasteiger partial charge in [-0.2, -0.15) is 0 Å². The van der Waals surface area contributed by atoms with Crippen molar-refractivity contribution >= 4 is 48.0 Å². The Morgan fingerprint density at radius 1 is 0.590 bits per heavy atom. The number of benzene rings is 3. The van der Waals surface area contributed by atoms with Crippen LogP contribution in [0.5, 0.6) is 0 Å². The number of carbonyl (C=O) groups excluding carboxylic acids is 4. The van der Waals surface area contributed by atoms with Crippen molar-refractivity contribution in [2.75, 3.05) is 111 Å². The third kappa shape index (κ3) is 13.6. The minimum Gasteiger partial charge on any atom is -0.405 e. The Labute approximate surface area is 359 Å². The van der Waals surface area contributed by atoms with Crippen LogP contribution >= 0.6 is 0 Å². The van der Waals surface area contributed by atoms with Crippen molar-refractivity contribution in [3.63, 3.8) is 0 Å². The van der Waals surface area contributed by atoms with Gasteiger partial charge in [0.25, 0.3) is 20.1 Å². The summed E-state index contributed by atoms with van der Waals surface area (Å²) < 4.78 is 46.2. The molecule has 1 atom stereocenters. The van der Waals surface area contributed by atoms with Crippen LogP contribution in [-0.4, -0.2) is 149 Å². The van der Waals surface area contributed by atoms with Crippen molar-refractivity contribution in [2.24, 2.45) is 0 Å². The molecule has 332 valence electrons. The van der Waals surface area contributed by atoms with Gasteiger partial charge in [0, 0.05) is 18.7 Å². The molecule has 15 nitrogen and oxygen atoms in total. The molecule has 1 saturated heterocycles. The number of hydrogen-bond donors (Lipinski definition) is 2. The molecule has 61 heavy (non-hydrogen) atoms. The molecular formula is C45H61N3O12Si. The maximum Gasteiger partial charge on any atom is 0.264 e. The summed E-state index contributed by atoms with van der Waals surface area (Å²) in [6, 6.07) is 25.1. The average Bonchev–Trinajstić information content (AvgIpc) is 3.51. The molecule has 4 amide bonds. The Hall–Kier alpha value is -4.36. The summed E-state index contributed by atoms with van der Waals surface area (Å²) in [6.07, 6.45) is 0.169. The monoisotopic (exact) mass is 863 g/mol. The Morgan fingerprint density at radius 3 is 1.51 bits per heavy atom. The minimum absolute atomic E-state index is 0.0658. The Kier molecular flexibility index (Phi) is 19.5. The normalized spacial score (nSPS) is 15.7. The van der Waals surface area contributed by atoms with E-state index in [0.717, 1.165) is 4.90 Å². The number of piperidine rings is 1. The lowest BCUT2D eigenvalue weighted by Gasteiger charge is -2.43. The number of amides is 4. The van der Waals surface area contributed by atoms with E-state index in [0.29, 0.717) is 111 Å². The highest BCUT2D eigenvalue weighted by Crippen LogP contribution is 2.37. The highest BCUT2D eigenvalue weighted by Gasteiger charge is 2.50. The van der Waals surface area contributed by atoms with Gasteiger partial charge >= 0.3 is 0 Å². The third-order valence-corrected chi connectivity index (χ3v) is 15.3. The molecule has 0 spiro atoms. The first-order chi connectivity index (χ1) is 29.6. The summed E-state index contributed by atoms with van der Waals surface area (Å²) >= 11 is 0. The van der Waals surface area contributed by atoms with Crippen molar-refractivity contribution in [3.8, 4) is 0 Å². The molecule has 0 radical (unpaired) electrons. The van der Waals surface area contributed by atoms with E-state index in [2.05, 4.69) is 79.9 Å². The second kappa shape index (κ2) is 24.9. The maximum atomic E-state index is 13.2. The standard InChI is InChI=1S/C45H61N3O12Si/c1-45(2,3)61(35-11-6-4-7-12-35,36-13-8-5-9-14-36)60-34-33-59-32-31-58-30-29-57-28-27-56-26-25-55-24-23-54-22-21-53-20-19-46-38-16-10-15-37-41(38)44(52)48(43(37)51)39-17-18-40(49)47-42(39)50/h4-16,39,46H,17-34H2,1-3H3,(H,47,49,50).